The van der Waals surface area contributed by atoms with E-state index in [0.29, 0.717) is 29.8 Å². The molecule has 2 N–H and O–H groups in total. The molecule has 0 aliphatic carbocycles. The predicted molar refractivity (Wildman–Crippen MR) is 109 cm³/mol. The first-order valence-electron chi connectivity index (χ1n) is 9.14. The van der Waals surface area contributed by atoms with Crippen LogP contribution in [0.3, 0.4) is 0 Å². The van der Waals surface area contributed by atoms with Gasteiger partial charge in [-0.05, 0) is 24.6 Å². The van der Waals surface area contributed by atoms with Crippen molar-refractivity contribution in [2.75, 3.05) is 27.2 Å². The largest absolute Gasteiger partial charge is 0.484 e. The Morgan fingerprint density at radius 2 is 2.07 bits per heavy atom. The lowest BCUT2D eigenvalue weighted by Gasteiger charge is -2.12. The Morgan fingerprint density at radius 3 is 2.70 bits per heavy atom. The van der Waals surface area contributed by atoms with Crippen molar-refractivity contribution in [3.05, 3.63) is 45.9 Å². The summed E-state index contributed by atoms with van der Waals surface area (Å²) in [6.45, 7) is 2.87. The molecule has 1 heterocycles. The number of carbonyl (C=O) groups excluding carboxylic acids is 1. The molecule has 2 rings (SSSR count). The molecule has 1 aromatic heterocycles. The van der Waals surface area contributed by atoms with Crippen molar-refractivity contribution in [1.29, 1.82) is 0 Å². The Bertz CT molecular complexity index is 868. The van der Waals surface area contributed by atoms with Crippen LogP contribution < -0.4 is 15.4 Å². The molecule has 0 spiro atoms. The lowest BCUT2D eigenvalue weighted by molar-refractivity contribution is -0.140. The van der Waals surface area contributed by atoms with E-state index in [1.807, 2.05) is 13.0 Å². The molecule has 0 saturated heterocycles. The highest BCUT2D eigenvalue weighted by Gasteiger charge is 2.33. The van der Waals surface area contributed by atoms with Crippen molar-refractivity contribution in [2.45, 2.75) is 26.2 Å². The summed E-state index contributed by atoms with van der Waals surface area (Å²) in [6, 6.07) is 7.20. The molecule has 0 aliphatic rings. The molecular formula is C19H24F3N5O2S. The highest BCUT2D eigenvalue weighted by atomic mass is 32.1. The normalized spacial score (nSPS) is 11.9. The standard InChI is InChI=1S/C19H24F3N5O2S/c1-4-23-18(25-10-16-26-15(12-30-16)19(20,21)22)24-9-13-6-5-7-14(8-13)29-11-17(28)27(2)3/h5-8,12H,4,9-11H2,1-3H3,(H2,23,24,25). The minimum atomic E-state index is -4.45. The number of thiazole rings is 1. The molecule has 30 heavy (non-hydrogen) atoms. The molecule has 0 aliphatic heterocycles. The SMILES string of the molecule is CCNC(=NCc1cccc(OCC(=O)N(C)C)c1)NCc1nc(C(F)(F)F)cs1. The summed E-state index contributed by atoms with van der Waals surface area (Å²) in [5.74, 6) is 0.863. The fourth-order valence-electron chi connectivity index (χ4n) is 2.20. The number of hydrogen-bond acceptors (Lipinski definition) is 5. The topological polar surface area (TPSA) is 78.9 Å². The summed E-state index contributed by atoms with van der Waals surface area (Å²) >= 11 is 0.939. The van der Waals surface area contributed by atoms with E-state index in [1.165, 1.54) is 4.90 Å². The van der Waals surface area contributed by atoms with Gasteiger partial charge in [0.1, 0.15) is 10.8 Å². The maximum Gasteiger partial charge on any atom is 0.434 e. The summed E-state index contributed by atoms with van der Waals surface area (Å²) in [7, 11) is 3.31. The summed E-state index contributed by atoms with van der Waals surface area (Å²) < 4.78 is 43.5. The number of hydrogen-bond donors (Lipinski definition) is 2. The number of ether oxygens (including phenoxy) is 1. The van der Waals surface area contributed by atoms with Gasteiger partial charge in [0, 0.05) is 26.0 Å². The number of alkyl halides is 3. The number of aromatic nitrogens is 1. The number of aliphatic imine (C=N–C) groups is 1. The van der Waals surface area contributed by atoms with Crippen molar-refractivity contribution in [3.8, 4) is 5.75 Å². The Hall–Kier alpha value is -2.82. The zero-order chi connectivity index (χ0) is 22.1. The monoisotopic (exact) mass is 443 g/mol. The molecule has 1 amide bonds. The molecule has 0 radical (unpaired) electrons. The maximum absolute atomic E-state index is 12.7. The summed E-state index contributed by atoms with van der Waals surface area (Å²) in [6.07, 6.45) is -4.45. The summed E-state index contributed by atoms with van der Waals surface area (Å²) in [5, 5.41) is 7.32. The Morgan fingerprint density at radius 1 is 1.30 bits per heavy atom. The number of nitrogens with one attached hydrogen (secondary N) is 2. The van der Waals surface area contributed by atoms with Crippen molar-refractivity contribution in [1.82, 2.24) is 20.5 Å². The Kier molecular flexibility index (Phi) is 8.46. The van der Waals surface area contributed by atoms with Crippen LogP contribution in [0.5, 0.6) is 5.75 Å². The second-order valence-corrected chi connectivity index (χ2v) is 7.34. The number of halogens is 3. The first kappa shape index (κ1) is 23.5. The van der Waals surface area contributed by atoms with Gasteiger partial charge in [-0.15, -0.1) is 11.3 Å². The summed E-state index contributed by atoms with van der Waals surface area (Å²) in [4.78, 5) is 21.1. The molecule has 2 aromatic rings. The van der Waals surface area contributed by atoms with Crippen LogP contribution in [0.15, 0.2) is 34.6 Å². The van der Waals surface area contributed by atoms with Gasteiger partial charge in [0.25, 0.3) is 5.91 Å². The second-order valence-electron chi connectivity index (χ2n) is 6.40. The number of carbonyl (C=O) groups is 1. The van der Waals surface area contributed by atoms with E-state index in [1.54, 1.807) is 32.3 Å². The van der Waals surface area contributed by atoms with Gasteiger partial charge >= 0.3 is 6.18 Å². The zero-order valence-corrected chi connectivity index (χ0v) is 17.7. The van der Waals surface area contributed by atoms with Crippen molar-refractivity contribution < 1.29 is 22.7 Å². The van der Waals surface area contributed by atoms with Crippen LogP contribution >= 0.6 is 11.3 Å². The first-order valence-corrected chi connectivity index (χ1v) is 10.0. The van der Waals surface area contributed by atoms with Crippen LogP contribution in [0.4, 0.5) is 13.2 Å². The van der Waals surface area contributed by atoms with Gasteiger partial charge < -0.3 is 20.3 Å². The third-order valence-corrected chi connectivity index (χ3v) is 4.62. The zero-order valence-electron chi connectivity index (χ0n) is 16.9. The molecule has 0 bridgehead atoms. The lowest BCUT2D eigenvalue weighted by Crippen LogP contribution is -2.36. The lowest BCUT2D eigenvalue weighted by atomic mass is 10.2. The number of likely N-dealkylation sites (N-methyl/N-ethyl adjacent to an activating group) is 1. The van der Waals surface area contributed by atoms with Gasteiger partial charge in [0.15, 0.2) is 18.3 Å². The van der Waals surface area contributed by atoms with Crippen molar-refractivity contribution in [3.63, 3.8) is 0 Å². The number of guanidine groups is 1. The van der Waals surface area contributed by atoms with E-state index in [9.17, 15) is 18.0 Å². The quantitative estimate of drug-likeness (QED) is 0.485. The molecular weight excluding hydrogens is 419 g/mol. The minimum absolute atomic E-state index is 0.0579. The van der Waals surface area contributed by atoms with E-state index >= 15 is 0 Å². The van der Waals surface area contributed by atoms with E-state index in [-0.39, 0.29) is 19.1 Å². The molecule has 1 aromatic carbocycles. The predicted octanol–water partition coefficient (Wildman–Crippen LogP) is 2.88. The fourth-order valence-corrected chi connectivity index (χ4v) is 2.94. The summed E-state index contributed by atoms with van der Waals surface area (Å²) in [5.41, 5.74) is -0.0357. The number of benzene rings is 1. The average Bonchev–Trinajstić information content (AvgIpc) is 3.18. The number of amides is 1. The van der Waals surface area contributed by atoms with E-state index in [4.69, 9.17) is 4.74 Å². The molecule has 0 fully saturated rings. The van der Waals surface area contributed by atoms with Crippen LogP contribution in [-0.4, -0.2) is 49.0 Å². The van der Waals surface area contributed by atoms with Crippen LogP contribution in [0.1, 0.15) is 23.2 Å². The second kappa shape index (κ2) is 10.8. The smallest absolute Gasteiger partial charge is 0.434 e. The van der Waals surface area contributed by atoms with Crippen molar-refractivity contribution in [2.24, 2.45) is 4.99 Å². The Balaban J connectivity index is 1.96. The molecule has 164 valence electrons. The van der Waals surface area contributed by atoms with Gasteiger partial charge in [-0.1, -0.05) is 12.1 Å². The minimum Gasteiger partial charge on any atom is -0.484 e. The Labute approximate surface area is 177 Å². The molecule has 0 atom stereocenters. The van der Waals surface area contributed by atoms with E-state index in [0.717, 1.165) is 22.3 Å². The highest BCUT2D eigenvalue weighted by Crippen LogP contribution is 2.29. The molecule has 0 saturated carbocycles. The van der Waals surface area contributed by atoms with Gasteiger partial charge in [0.2, 0.25) is 0 Å². The van der Waals surface area contributed by atoms with Crippen molar-refractivity contribution >= 4 is 23.2 Å². The van der Waals surface area contributed by atoms with Gasteiger partial charge in [-0.3, -0.25) is 4.79 Å². The van der Waals surface area contributed by atoms with Gasteiger partial charge in [-0.2, -0.15) is 13.2 Å². The van der Waals surface area contributed by atoms with Crippen LogP contribution in [0.2, 0.25) is 0 Å². The number of nitrogens with zero attached hydrogens (tertiary/aromatic N) is 3. The fraction of sp³-hybridized carbons (Fsp3) is 0.421. The van der Waals surface area contributed by atoms with Crippen LogP contribution in [-0.2, 0) is 24.1 Å². The van der Waals surface area contributed by atoms with E-state index in [2.05, 4.69) is 20.6 Å². The van der Waals surface area contributed by atoms with Gasteiger partial charge in [-0.25, -0.2) is 9.98 Å². The third kappa shape index (κ3) is 7.54. The van der Waals surface area contributed by atoms with Crippen LogP contribution in [0, 0.1) is 0 Å². The maximum atomic E-state index is 12.7. The van der Waals surface area contributed by atoms with Crippen LogP contribution in [0.25, 0.3) is 0 Å². The number of rotatable bonds is 8. The average molecular weight is 443 g/mol. The molecule has 7 nitrogen and oxygen atoms in total. The molecule has 11 heteroatoms. The third-order valence-electron chi connectivity index (χ3n) is 3.77. The first-order chi connectivity index (χ1) is 14.2. The van der Waals surface area contributed by atoms with Gasteiger partial charge in [0.05, 0.1) is 13.1 Å². The molecule has 0 unspecified atom stereocenters. The van der Waals surface area contributed by atoms with E-state index < -0.39 is 11.9 Å². The highest BCUT2D eigenvalue weighted by molar-refractivity contribution is 7.09.